The molecule has 0 aliphatic heterocycles. The van der Waals surface area contributed by atoms with Gasteiger partial charge in [-0.3, -0.25) is 0 Å². The number of hydrogen-bond acceptors (Lipinski definition) is 3. The first-order chi connectivity index (χ1) is 10.1. The molecule has 2 aromatic rings. The number of aliphatic hydroxyl groups is 1. The molecule has 2 nitrogen and oxygen atoms in total. The zero-order valence-electron chi connectivity index (χ0n) is 12.6. The normalized spacial score (nSPS) is 12.6. The van der Waals surface area contributed by atoms with Gasteiger partial charge in [-0.2, -0.15) is 0 Å². The highest BCUT2D eigenvalue weighted by Gasteiger charge is 2.07. The molecule has 21 heavy (non-hydrogen) atoms. The van der Waals surface area contributed by atoms with Crippen LogP contribution in [0.5, 0.6) is 0 Å². The Morgan fingerprint density at radius 2 is 1.67 bits per heavy atom. The topological polar surface area (TPSA) is 32.3 Å². The lowest BCUT2D eigenvalue weighted by atomic mass is 10.1. The van der Waals surface area contributed by atoms with Crippen LogP contribution in [0.2, 0.25) is 0 Å². The monoisotopic (exact) mass is 301 g/mol. The molecule has 0 aliphatic rings. The summed E-state index contributed by atoms with van der Waals surface area (Å²) < 4.78 is 0. The van der Waals surface area contributed by atoms with Gasteiger partial charge < -0.3 is 10.4 Å². The molecule has 2 aromatic carbocycles. The minimum atomic E-state index is -0.418. The van der Waals surface area contributed by atoms with Gasteiger partial charge in [-0.25, -0.2) is 0 Å². The van der Waals surface area contributed by atoms with Gasteiger partial charge >= 0.3 is 0 Å². The van der Waals surface area contributed by atoms with Crippen molar-refractivity contribution in [3.05, 3.63) is 65.7 Å². The highest BCUT2D eigenvalue weighted by atomic mass is 32.2. The molecule has 112 valence electrons. The van der Waals surface area contributed by atoms with Crippen molar-refractivity contribution in [3.8, 4) is 0 Å². The first kappa shape index (κ1) is 16.1. The third kappa shape index (κ3) is 5.54. The van der Waals surface area contributed by atoms with Crippen molar-refractivity contribution in [2.75, 3.05) is 5.75 Å². The van der Waals surface area contributed by atoms with Crippen LogP contribution in [-0.2, 0) is 6.54 Å². The van der Waals surface area contributed by atoms with Crippen LogP contribution >= 0.6 is 11.8 Å². The van der Waals surface area contributed by atoms with Gasteiger partial charge in [0.2, 0.25) is 0 Å². The van der Waals surface area contributed by atoms with Crippen molar-refractivity contribution in [2.45, 2.75) is 37.4 Å². The molecule has 0 bridgehead atoms. The number of rotatable bonds is 7. The van der Waals surface area contributed by atoms with Crippen molar-refractivity contribution in [1.82, 2.24) is 5.32 Å². The summed E-state index contributed by atoms with van der Waals surface area (Å²) in [6, 6.07) is 18.9. The number of benzene rings is 2. The maximum absolute atomic E-state index is 10.2. The summed E-state index contributed by atoms with van der Waals surface area (Å²) in [5, 5.41) is 13.6. The van der Waals surface area contributed by atoms with E-state index in [1.165, 1.54) is 10.5 Å². The fourth-order valence-electron chi connectivity index (χ4n) is 1.97. The lowest BCUT2D eigenvalue weighted by molar-refractivity contribution is 0.204. The van der Waals surface area contributed by atoms with E-state index in [0.717, 1.165) is 12.1 Å². The molecule has 1 unspecified atom stereocenters. The summed E-state index contributed by atoms with van der Waals surface area (Å²) in [5.74, 6) is 0.674. The fourth-order valence-corrected chi connectivity index (χ4v) is 2.84. The Balaban J connectivity index is 1.83. The molecule has 0 saturated heterocycles. The zero-order chi connectivity index (χ0) is 15.1. The van der Waals surface area contributed by atoms with Gasteiger partial charge in [0.25, 0.3) is 0 Å². The van der Waals surface area contributed by atoms with Crippen LogP contribution in [0.1, 0.15) is 31.1 Å². The second kappa shape index (κ2) is 8.23. The van der Waals surface area contributed by atoms with Crippen LogP contribution in [0.25, 0.3) is 0 Å². The Bertz CT molecular complexity index is 525. The average Bonchev–Trinajstić information content (AvgIpc) is 2.52. The van der Waals surface area contributed by atoms with E-state index < -0.39 is 6.10 Å². The molecule has 0 spiro atoms. The second-order valence-corrected chi connectivity index (χ2v) is 6.51. The first-order valence-electron chi connectivity index (χ1n) is 7.33. The molecule has 0 aromatic heterocycles. The number of thioether (sulfide) groups is 1. The van der Waals surface area contributed by atoms with E-state index in [9.17, 15) is 5.11 Å². The Hall–Kier alpha value is -1.29. The Kier molecular flexibility index (Phi) is 6.30. The van der Waals surface area contributed by atoms with Crippen molar-refractivity contribution < 1.29 is 5.11 Å². The zero-order valence-corrected chi connectivity index (χ0v) is 13.4. The van der Waals surface area contributed by atoms with Gasteiger partial charge in [0.15, 0.2) is 0 Å². The average molecular weight is 301 g/mol. The van der Waals surface area contributed by atoms with Gasteiger partial charge in [0.05, 0.1) is 6.10 Å². The van der Waals surface area contributed by atoms with Crippen LogP contribution in [0.3, 0.4) is 0 Å². The summed E-state index contributed by atoms with van der Waals surface area (Å²) in [4.78, 5) is 1.19. The Labute approximate surface area is 131 Å². The molecule has 1 atom stereocenters. The summed E-state index contributed by atoms with van der Waals surface area (Å²) >= 11 is 1.69. The Morgan fingerprint density at radius 3 is 2.29 bits per heavy atom. The van der Waals surface area contributed by atoms with Crippen molar-refractivity contribution in [2.24, 2.45) is 0 Å². The molecule has 0 amide bonds. The van der Waals surface area contributed by atoms with E-state index in [4.69, 9.17) is 0 Å². The molecule has 0 aliphatic carbocycles. The van der Waals surface area contributed by atoms with Crippen LogP contribution in [0.4, 0.5) is 0 Å². The first-order valence-corrected chi connectivity index (χ1v) is 8.32. The molecule has 3 heteroatoms. The smallest absolute Gasteiger partial charge is 0.0883 e. The third-order valence-electron chi connectivity index (χ3n) is 3.23. The predicted molar refractivity (Wildman–Crippen MR) is 90.5 cm³/mol. The number of hydrogen-bond donors (Lipinski definition) is 2. The van der Waals surface area contributed by atoms with Crippen LogP contribution < -0.4 is 5.32 Å². The number of nitrogens with one attached hydrogen (secondary N) is 1. The highest BCUT2D eigenvalue weighted by molar-refractivity contribution is 7.99. The summed E-state index contributed by atoms with van der Waals surface area (Å²) in [5.41, 5.74) is 2.26. The molecule has 2 rings (SSSR count). The van der Waals surface area contributed by atoms with E-state index in [-0.39, 0.29) is 0 Å². The summed E-state index contributed by atoms with van der Waals surface area (Å²) in [6.07, 6.45) is -0.418. The van der Waals surface area contributed by atoms with E-state index in [1.54, 1.807) is 11.8 Å². The lowest BCUT2D eigenvalue weighted by Crippen LogP contribution is -2.21. The van der Waals surface area contributed by atoms with Crippen molar-refractivity contribution >= 4 is 11.8 Å². The van der Waals surface area contributed by atoms with E-state index in [2.05, 4.69) is 43.4 Å². The van der Waals surface area contributed by atoms with Gasteiger partial charge in [-0.15, -0.1) is 11.8 Å². The van der Waals surface area contributed by atoms with Gasteiger partial charge in [-0.1, -0.05) is 56.3 Å². The molecule has 0 heterocycles. The van der Waals surface area contributed by atoms with Gasteiger partial charge in [-0.05, 0) is 23.3 Å². The fraction of sp³-hybridized carbons (Fsp3) is 0.333. The highest BCUT2D eigenvalue weighted by Crippen LogP contribution is 2.24. The summed E-state index contributed by atoms with van der Waals surface area (Å²) in [7, 11) is 0. The van der Waals surface area contributed by atoms with E-state index in [0.29, 0.717) is 11.8 Å². The SMILES string of the molecule is CC(C)NCc1ccc(SCC(O)c2ccccc2)cc1. The predicted octanol–water partition coefficient (Wildman–Crippen LogP) is 4.01. The second-order valence-electron chi connectivity index (χ2n) is 5.42. The molecule has 0 radical (unpaired) electrons. The van der Waals surface area contributed by atoms with Gasteiger partial charge in [0.1, 0.15) is 0 Å². The lowest BCUT2D eigenvalue weighted by Gasteiger charge is -2.11. The Morgan fingerprint density at radius 1 is 1.00 bits per heavy atom. The maximum Gasteiger partial charge on any atom is 0.0883 e. The summed E-state index contributed by atoms with van der Waals surface area (Å²) in [6.45, 7) is 5.19. The van der Waals surface area contributed by atoms with Gasteiger partial charge in [0, 0.05) is 23.2 Å². The number of aliphatic hydroxyl groups excluding tert-OH is 1. The molecule has 0 fully saturated rings. The molecule has 2 N–H and O–H groups in total. The maximum atomic E-state index is 10.2. The largest absolute Gasteiger partial charge is 0.388 e. The van der Waals surface area contributed by atoms with Crippen LogP contribution in [-0.4, -0.2) is 16.9 Å². The van der Waals surface area contributed by atoms with Crippen molar-refractivity contribution in [1.29, 1.82) is 0 Å². The third-order valence-corrected chi connectivity index (χ3v) is 4.32. The van der Waals surface area contributed by atoms with Crippen LogP contribution in [0, 0.1) is 0 Å². The molecule has 0 saturated carbocycles. The molecular weight excluding hydrogens is 278 g/mol. The minimum Gasteiger partial charge on any atom is -0.388 e. The quantitative estimate of drug-likeness (QED) is 0.758. The van der Waals surface area contributed by atoms with Crippen molar-refractivity contribution in [3.63, 3.8) is 0 Å². The van der Waals surface area contributed by atoms with E-state index >= 15 is 0 Å². The van der Waals surface area contributed by atoms with Crippen LogP contribution in [0.15, 0.2) is 59.5 Å². The van der Waals surface area contributed by atoms with E-state index in [1.807, 2.05) is 30.3 Å². The molecular formula is C18H23NOS. The standard InChI is InChI=1S/C18H23NOS/c1-14(2)19-12-15-8-10-17(11-9-15)21-13-18(20)16-6-4-3-5-7-16/h3-11,14,18-20H,12-13H2,1-2H3. The minimum absolute atomic E-state index is 0.418.